The second-order valence-corrected chi connectivity index (χ2v) is 6.13. The van der Waals surface area contributed by atoms with Gasteiger partial charge in [-0.2, -0.15) is 0 Å². The monoisotopic (exact) mass is 291 g/mol. The van der Waals surface area contributed by atoms with Crippen LogP contribution in [0.4, 0.5) is 5.69 Å². The summed E-state index contributed by atoms with van der Waals surface area (Å²) in [4.78, 5) is 16.0. The topological polar surface area (TPSA) is 58.8 Å². The Morgan fingerprint density at radius 2 is 2.10 bits per heavy atom. The molecule has 1 aromatic carbocycles. The number of anilines is 1. The average molecular weight is 291 g/mol. The molecule has 1 aliphatic heterocycles. The molecule has 0 aliphatic carbocycles. The number of carbonyl (C=O) groups is 1. The molecule has 2 rings (SSSR count). The molecule has 0 fully saturated rings. The van der Waals surface area contributed by atoms with Crippen LogP contribution in [0.1, 0.15) is 25.5 Å². The van der Waals surface area contributed by atoms with E-state index in [-0.39, 0.29) is 18.6 Å². The maximum atomic E-state index is 12.1. The molecule has 0 saturated heterocycles. The molecule has 0 saturated carbocycles. The highest BCUT2D eigenvalue weighted by Gasteiger charge is 2.26. The molecule has 0 radical (unpaired) electrons. The number of benzene rings is 1. The predicted octanol–water partition coefficient (Wildman–Crippen LogP) is 1.63. The van der Waals surface area contributed by atoms with Gasteiger partial charge in [-0.15, -0.1) is 0 Å². The zero-order valence-electron chi connectivity index (χ0n) is 13.3. The molecule has 0 spiro atoms. The van der Waals surface area contributed by atoms with Crippen molar-refractivity contribution in [3.05, 3.63) is 23.8 Å². The lowest BCUT2D eigenvalue weighted by molar-refractivity contribution is -0.121. The first-order valence-electron chi connectivity index (χ1n) is 7.37. The molecule has 0 bridgehead atoms. The average Bonchev–Trinajstić information content (AvgIpc) is 2.44. The SMILES string of the molecule is CC(C)C(N)c1ccc2c(c1)N(CCN(C)C)C(=O)CO2. The van der Waals surface area contributed by atoms with Crippen molar-refractivity contribution in [2.75, 3.05) is 38.7 Å². The predicted molar refractivity (Wildman–Crippen MR) is 84.6 cm³/mol. The van der Waals surface area contributed by atoms with Crippen LogP contribution in [0.2, 0.25) is 0 Å². The van der Waals surface area contributed by atoms with Crippen molar-refractivity contribution in [3.63, 3.8) is 0 Å². The zero-order chi connectivity index (χ0) is 15.6. The van der Waals surface area contributed by atoms with Gasteiger partial charge in [0.25, 0.3) is 5.91 Å². The molecule has 1 unspecified atom stereocenters. The first-order chi connectivity index (χ1) is 9.90. The maximum absolute atomic E-state index is 12.1. The van der Waals surface area contributed by atoms with Crippen LogP contribution >= 0.6 is 0 Å². The Hall–Kier alpha value is -1.59. The first-order valence-corrected chi connectivity index (χ1v) is 7.37. The normalized spacial score (nSPS) is 16.1. The number of rotatable bonds is 5. The molecule has 2 N–H and O–H groups in total. The highest BCUT2D eigenvalue weighted by molar-refractivity contribution is 5.97. The fourth-order valence-corrected chi connectivity index (χ4v) is 2.36. The van der Waals surface area contributed by atoms with Gasteiger partial charge < -0.3 is 20.3 Å². The zero-order valence-corrected chi connectivity index (χ0v) is 13.3. The van der Waals surface area contributed by atoms with Crippen molar-refractivity contribution in [2.24, 2.45) is 11.7 Å². The number of likely N-dealkylation sites (N-methyl/N-ethyl adjacent to an activating group) is 1. The number of hydrogen-bond donors (Lipinski definition) is 1. The summed E-state index contributed by atoms with van der Waals surface area (Å²) in [6.45, 7) is 5.76. The van der Waals surface area contributed by atoms with Crippen molar-refractivity contribution >= 4 is 11.6 Å². The number of amides is 1. The number of ether oxygens (including phenoxy) is 1. The van der Waals surface area contributed by atoms with Crippen LogP contribution in [-0.4, -0.2) is 44.6 Å². The van der Waals surface area contributed by atoms with Gasteiger partial charge in [-0.3, -0.25) is 4.79 Å². The standard InChI is InChI=1S/C16H25N3O2/c1-11(2)16(17)12-5-6-14-13(9-12)19(8-7-18(3)4)15(20)10-21-14/h5-6,9,11,16H,7-8,10,17H2,1-4H3. The molecule has 5 heteroatoms. The van der Waals surface area contributed by atoms with E-state index < -0.39 is 0 Å². The molecule has 1 atom stereocenters. The van der Waals surface area contributed by atoms with Gasteiger partial charge in [-0.05, 0) is 37.7 Å². The minimum Gasteiger partial charge on any atom is -0.482 e. The molecule has 1 heterocycles. The fraction of sp³-hybridized carbons (Fsp3) is 0.562. The Bertz CT molecular complexity index is 514. The molecule has 5 nitrogen and oxygen atoms in total. The Labute approximate surface area is 126 Å². The molecule has 0 aromatic heterocycles. The molecular formula is C16H25N3O2. The van der Waals surface area contributed by atoms with Gasteiger partial charge in [0.15, 0.2) is 6.61 Å². The number of nitrogens with zero attached hydrogens (tertiary/aromatic N) is 2. The summed E-state index contributed by atoms with van der Waals surface area (Å²) < 4.78 is 5.52. The van der Waals surface area contributed by atoms with Crippen molar-refractivity contribution in [2.45, 2.75) is 19.9 Å². The van der Waals surface area contributed by atoms with E-state index in [9.17, 15) is 4.79 Å². The molecule has 1 amide bonds. The van der Waals surface area contributed by atoms with Crippen LogP contribution in [-0.2, 0) is 4.79 Å². The quantitative estimate of drug-likeness (QED) is 0.896. The number of nitrogens with two attached hydrogens (primary N) is 1. The number of hydrogen-bond acceptors (Lipinski definition) is 4. The van der Waals surface area contributed by atoms with Gasteiger partial charge in [0.05, 0.1) is 5.69 Å². The van der Waals surface area contributed by atoms with Gasteiger partial charge in [0.1, 0.15) is 5.75 Å². The van der Waals surface area contributed by atoms with Crippen molar-refractivity contribution in [3.8, 4) is 5.75 Å². The van der Waals surface area contributed by atoms with Gasteiger partial charge in [0.2, 0.25) is 0 Å². The molecule has 116 valence electrons. The van der Waals surface area contributed by atoms with E-state index in [1.165, 1.54) is 0 Å². The Kier molecular flexibility index (Phi) is 4.85. The first kappa shape index (κ1) is 15.8. The van der Waals surface area contributed by atoms with E-state index in [1.54, 1.807) is 4.90 Å². The molecule has 1 aromatic rings. The van der Waals surface area contributed by atoms with Crippen LogP contribution in [0, 0.1) is 5.92 Å². The smallest absolute Gasteiger partial charge is 0.265 e. The summed E-state index contributed by atoms with van der Waals surface area (Å²) in [6, 6.07) is 5.86. The minimum absolute atomic E-state index is 0.000353. The molecular weight excluding hydrogens is 266 g/mol. The van der Waals surface area contributed by atoms with Gasteiger partial charge in [0, 0.05) is 19.1 Å². The molecule has 21 heavy (non-hydrogen) atoms. The number of fused-ring (bicyclic) bond motifs is 1. The van der Waals surface area contributed by atoms with Crippen molar-refractivity contribution < 1.29 is 9.53 Å². The minimum atomic E-state index is -0.0389. The Morgan fingerprint density at radius 1 is 1.38 bits per heavy atom. The third kappa shape index (κ3) is 3.54. The van der Waals surface area contributed by atoms with E-state index in [0.717, 1.165) is 23.5 Å². The van der Waals surface area contributed by atoms with Crippen LogP contribution in [0.25, 0.3) is 0 Å². The van der Waals surface area contributed by atoms with Gasteiger partial charge in [-0.1, -0.05) is 19.9 Å². The van der Waals surface area contributed by atoms with E-state index in [2.05, 4.69) is 18.7 Å². The lowest BCUT2D eigenvalue weighted by Crippen LogP contribution is -2.42. The van der Waals surface area contributed by atoms with E-state index in [0.29, 0.717) is 12.5 Å². The van der Waals surface area contributed by atoms with Gasteiger partial charge >= 0.3 is 0 Å². The van der Waals surface area contributed by atoms with Gasteiger partial charge in [-0.25, -0.2) is 0 Å². The second kappa shape index (κ2) is 6.45. The Balaban J connectivity index is 2.31. The molecule has 1 aliphatic rings. The highest BCUT2D eigenvalue weighted by atomic mass is 16.5. The van der Waals surface area contributed by atoms with Crippen LogP contribution in [0.3, 0.4) is 0 Å². The van der Waals surface area contributed by atoms with E-state index >= 15 is 0 Å². The second-order valence-electron chi connectivity index (χ2n) is 6.13. The summed E-state index contributed by atoms with van der Waals surface area (Å²) in [5.74, 6) is 1.10. The summed E-state index contributed by atoms with van der Waals surface area (Å²) in [6.07, 6.45) is 0. The maximum Gasteiger partial charge on any atom is 0.265 e. The Morgan fingerprint density at radius 3 is 2.71 bits per heavy atom. The highest BCUT2D eigenvalue weighted by Crippen LogP contribution is 2.35. The third-order valence-electron chi connectivity index (χ3n) is 3.80. The number of carbonyl (C=O) groups excluding carboxylic acids is 1. The van der Waals surface area contributed by atoms with Crippen molar-refractivity contribution in [1.82, 2.24) is 4.90 Å². The summed E-state index contributed by atoms with van der Waals surface area (Å²) in [5, 5.41) is 0. The summed E-state index contributed by atoms with van der Waals surface area (Å²) in [5.41, 5.74) is 8.09. The largest absolute Gasteiger partial charge is 0.482 e. The van der Waals surface area contributed by atoms with E-state index in [1.807, 2.05) is 32.3 Å². The van der Waals surface area contributed by atoms with E-state index in [4.69, 9.17) is 10.5 Å². The van der Waals surface area contributed by atoms with Crippen molar-refractivity contribution in [1.29, 1.82) is 0 Å². The summed E-state index contributed by atoms with van der Waals surface area (Å²) in [7, 11) is 3.99. The summed E-state index contributed by atoms with van der Waals surface area (Å²) >= 11 is 0. The fourth-order valence-electron chi connectivity index (χ4n) is 2.36. The lowest BCUT2D eigenvalue weighted by Gasteiger charge is -2.31. The third-order valence-corrected chi connectivity index (χ3v) is 3.80. The van der Waals surface area contributed by atoms with Crippen LogP contribution in [0.15, 0.2) is 18.2 Å². The van der Waals surface area contributed by atoms with Crippen LogP contribution < -0.4 is 15.4 Å². The van der Waals surface area contributed by atoms with Crippen LogP contribution in [0.5, 0.6) is 5.75 Å². The lowest BCUT2D eigenvalue weighted by atomic mass is 9.96.